The monoisotopic (exact) mass is 428 g/mol. The number of phenolic OH excluding ortho intramolecular Hbond substituents is 1. The van der Waals surface area contributed by atoms with Gasteiger partial charge in [-0.1, -0.05) is 0 Å². The van der Waals surface area contributed by atoms with E-state index in [1.54, 1.807) is 0 Å². The molecule has 158 valence electrons. The highest BCUT2D eigenvalue weighted by Crippen LogP contribution is 2.38. The van der Waals surface area contributed by atoms with E-state index in [-0.39, 0.29) is 6.07 Å². The van der Waals surface area contributed by atoms with E-state index in [2.05, 4.69) is 4.74 Å². The molecule has 2 aromatic carbocycles. The molecule has 0 fully saturated rings. The molecule has 14 heteroatoms. The minimum atomic E-state index is -4.80. The van der Waals surface area contributed by atoms with Crippen LogP contribution in [0.3, 0.4) is 0 Å². The topological polar surface area (TPSA) is 116 Å². The third kappa shape index (κ3) is 6.22. The van der Waals surface area contributed by atoms with Crippen molar-refractivity contribution in [2.45, 2.75) is 12.4 Å². The number of nitro benzene ring substituents is 2. The van der Waals surface area contributed by atoms with Crippen LogP contribution in [-0.2, 0) is 12.4 Å². The first-order valence-electron chi connectivity index (χ1n) is 7.12. The number of non-ortho nitro benzene ring substituents is 2. The first-order valence-corrected chi connectivity index (χ1v) is 7.12. The second-order valence-corrected chi connectivity index (χ2v) is 5.10. The van der Waals surface area contributed by atoms with E-state index >= 15 is 0 Å². The molecule has 8 nitrogen and oxygen atoms in total. The van der Waals surface area contributed by atoms with Gasteiger partial charge in [0.05, 0.1) is 17.0 Å². The smallest absolute Gasteiger partial charge is 0.420 e. The predicted molar refractivity (Wildman–Crippen MR) is 84.4 cm³/mol. The van der Waals surface area contributed by atoms with E-state index in [4.69, 9.17) is 5.11 Å². The van der Waals surface area contributed by atoms with Crippen molar-refractivity contribution in [3.63, 3.8) is 0 Å². The number of halogens is 6. The van der Waals surface area contributed by atoms with E-state index < -0.39 is 56.2 Å². The number of hydrogen-bond acceptors (Lipinski definition) is 6. The van der Waals surface area contributed by atoms with Crippen molar-refractivity contribution in [3.8, 4) is 11.5 Å². The Balaban J connectivity index is 0.000000291. The van der Waals surface area contributed by atoms with Gasteiger partial charge in [-0.05, 0) is 12.1 Å². The van der Waals surface area contributed by atoms with Crippen LogP contribution in [0.15, 0.2) is 36.4 Å². The van der Waals surface area contributed by atoms with Crippen LogP contribution in [0, 0.1) is 20.2 Å². The summed E-state index contributed by atoms with van der Waals surface area (Å²) < 4.78 is 77.9. The summed E-state index contributed by atoms with van der Waals surface area (Å²) in [5.41, 5.74) is -3.90. The summed E-state index contributed by atoms with van der Waals surface area (Å²) >= 11 is 0. The van der Waals surface area contributed by atoms with Crippen molar-refractivity contribution in [2.24, 2.45) is 0 Å². The first-order chi connectivity index (χ1) is 13.2. The molecule has 2 rings (SSSR count). The van der Waals surface area contributed by atoms with E-state index in [0.29, 0.717) is 12.1 Å². The van der Waals surface area contributed by atoms with E-state index in [0.717, 1.165) is 25.3 Å². The van der Waals surface area contributed by atoms with Crippen LogP contribution in [0.1, 0.15) is 11.1 Å². The lowest BCUT2D eigenvalue weighted by atomic mass is 10.1. The van der Waals surface area contributed by atoms with Gasteiger partial charge < -0.3 is 9.84 Å². The lowest BCUT2D eigenvalue weighted by Gasteiger charge is -2.10. The van der Waals surface area contributed by atoms with Crippen molar-refractivity contribution in [2.75, 3.05) is 7.11 Å². The molecule has 1 N–H and O–H groups in total. The maximum atomic E-state index is 12.4. The number of aromatic hydroxyl groups is 1. The molecule has 0 heterocycles. The molecule has 0 aromatic heterocycles. The fraction of sp³-hybridized carbons (Fsp3) is 0.200. The average Bonchev–Trinajstić information content (AvgIpc) is 2.60. The first kappa shape index (κ1) is 23.5. The van der Waals surface area contributed by atoms with Crippen LogP contribution in [0.2, 0.25) is 0 Å². The average molecular weight is 428 g/mol. The molecule has 0 atom stereocenters. The summed E-state index contributed by atoms with van der Waals surface area (Å²) in [7, 11) is 1.07. The van der Waals surface area contributed by atoms with Gasteiger partial charge in [-0.15, -0.1) is 0 Å². The van der Waals surface area contributed by atoms with Crippen molar-refractivity contribution < 1.29 is 46.0 Å². The summed E-state index contributed by atoms with van der Waals surface area (Å²) in [5, 5.41) is 29.2. The molecule has 2 aromatic rings. The number of nitrogens with zero attached hydrogens (tertiary/aromatic N) is 2. The van der Waals surface area contributed by atoms with Crippen LogP contribution in [0.5, 0.6) is 11.5 Å². The zero-order valence-corrected chi connectivity index (χ0v) is 14.1. The normalized spacial score (nSPS) is 11.3. The fourth-order valence-corrected chi connectivity index (χ4v) is 1.90. The van der Waals surface area contributed by atoms with Crippen molar-refractivity contribution in [1.29, 1.82) is 0 Å². The Morgan fingerprint density at radius 1 is 0.828 bits per heavy atom. The molecule has 0 aliphatic carbocycles. The third-order valence-electron chi connectivity index (χ3n) is 3.20. The summed E-state index contributed by atoms with van der Waals surface area (Å²) in [6.45, 7) is 0. The molecule has 0 saturated heterocycles. The van der Waals surface area contributed by atoms with Gasteiger partial charge >= 0.3 is 12.4 Å². The number of rotatable bonds is 3. The van der Waals surface area contributed by atoms with Crippen molar-refractivity contribution >= 4 is 11.4 Å². The van der Waals surface area contributed by atoms with Gasteiger partial charge in [0.2, 0.25) is 0 Å². The zero-order valence-electron chi connectivity index (χ0n) is 14.1. The lowest BCUT2D eigenvalue weighted by Crippen LogP contribution is -2.08. The van der Waals surface area contributed by atoms with Gasteiger partial charge in [-0.2, -0.15) is 26.3 Å². The molecule has 0 aliphatic heterocycles. The molecule has 0 saturated carbocycles. The van der Waals surface area contributed by atoms with Crippen LogP contribution in [0.25, 0.3) is 0 Å². The maximum absolute atomic E-state index is 12.4. The maximum Gasteiger partial charge on any atom is 0.420 e. The van der Waals surface area contributed by atoms with Crippen molar-refractivity contribution in [3.05, 3.63) is 67.8 Å². The number of nitro groups is 2. The number of methoxy groups -OCH3 is 1. The Morgan fingerprint density at radius 3 is 1.62 bits per heavy atom. The van der Waals surface area contributed by atoms with Gasteiger partial charge in [0, 0.05) is 24.3 Å². The number of ether oxygens (including phenoxy) is 1. The minimum absolute atomic E-state index is 0.287. The zero-order chi connectivity index (χ0) is 22.6. The van der Waals surface area contributed by atoms with Crippen LogP contribution < -0.4 is 4.74 Å². The van der Waals surface area contributed by atoms with Crippen LogP contribution >= 0.6 is 0 Å². The molecule has 0 unspecified atom stereocenters. The van der Waals surface area contributed by atoms with Gasteiger partial charge in [0.15, 0.2) is 0 Å². The van der Waals surface area contributed by atoms with Gasteiger partial charge in [0.1, 0.15) is 22.6 Å². The molecular weight excluding hydrogens is 418 g/mol. The van der Waals surface area contributed by atoms with E-state index in [1.807, 2.05) is 0 Å². The highest BCUT2D eigenvalue weighted by Gasteiger charge is 2.36. The SMILES string of the molecule is COc1ccc([N+](=O)[O-])cc1C(F)(F)F.O=[N+]([O-])c1ccc(O)c(C(F)(F)F)c1. The summed E-state index contributed by atoms with van der Waals surface area (Å²) in [4.78, 5) is 18.6. The standard InChI is InChI=1S/C8H6F3NO3.C7H4F3NO3/c1-15-7-3-2-5(12(13)14)4-6(7)8(9,10)11;8-7(9,10)5-3-4(11(13)14)1-2-6(5)12/h2-4H,1H3;1-3,12H. The Bertz CT molecular complexity index is 913. The second-order valence-electron chi connectivity index (χ2n) is 5.10. The van der Waals surface area contributed by atoms with E-state index in [9.17, 15) is 46.6 Å². The predicted octanol–water partition coefficient (Wildman–Crippen LogP) is 4.94. The molecule has 0 radical (unpaired) electrons. The summed E-state index contributed by atoms with van der Waals surface area (Å²) in [6.07, 6.45) is -9.46. The molecule has 0 aliphatic rings. The molecular formula is C15H10F6N2O6. The number of benzene rings is 2. The Morgan fingerprint density at radius 2 is 1.24 bits per heavy atom. The highest BCUT2D eigenvalue weighted by atomic mass is 19.4. The number of alkyl halides is 6. The lowest BCUT2D eigenvalue weighted by molar-refractivity contribution is -0.385. The number of phenols is 1. The molecule has 0 spiro atoms. The van der Waals surface area contributed by atoms with Crippen LogP contribution in [0.4, 0.5) is 37.7 Å². The minimum Gasteiger partial charge on any atom is -0.507 e. The van der Waals surface area contributed by atoms with Crippen molar-refractivity contribution in [1.82, 2.24) is 0 Å². The van der Waals surface area contributed by atoms with E-state index in [1.165, 1.54) is 0 Å². The highest BCUT2D eigenvalue weighted by molar-refractivity contribution is 5.45. The largest absolute Gasteiger partial charge is 0.507 e. The Kier molecular flexibility index (Phi) is 6.97. The van der Waals surface area contributed by atoms with Gasteiger partial charge in [-0.3, -0.25) is 20.2 Å². The fourth-order valence-electron chi connectivity index (χ4n) is 1.90. The summed E-state index contributed by atoms with van der Waals surface area (Å²) in [5.74, 6) is -1.46. The van der Waals surface area contributed by atoms with Gasteiger partial charge in [0.25, 0.3) is 11.4 Å². The Hall–Kier alpha value is -3.58. The Labute approximate surface area is 157 Å². The van der Waals surface area contributed by atoms with Gasteiger partial charge in [-0.25, -0.2) is 0 Å². The second kappa shape index (κ2) is 8.62. The third-order valence-corrected chi connectivity index (χ3v) is 3.20. The summed E-state index contributed by atoms with van der Waals surface area (Å²) in [6, 6.07) is 4.04. The molecule has 29 heavy (non-hydrogen) atoms. The quantitative estimate of drug-likeness (QED) is 0.421. The molecule has 0 amide bonds. The number of hydrogen-bond donors (Lipinski definition) is 1. The van der Waals surface area contributed by atoms with Crippen LogP contribution in [-0.4, -0.2) is 22.1 Å². The molecule has 0 bridgehead atoms.